The average Bonchev–Trinajstić information content (AvgIpc) is 2.71. The Balaban J connectivity index is 1.83. The minimum atomic E-state index is -0.173. The zero-order chi connectivity index (χ0) is 21.1. The second-order valence-electron chi connectivity index (χ2n) is 6.54. The monoisotopic (exact) mass is 394 g/mol. The number of methoxy groups -OCH3 is 1. The lowest BCUT2D eigenvalue weighted by atomic mass is 10.1. The summed E-state index contributed by atoms with van der Waals surface area (Å²) in [5, 5.41) is 11.5. The van der Waals surface area contributed by atoms with E-state index in [0.717, 1.165) is 23.3 Å². The molecule has 0 spiro atoms. The summed E-state index contributed by atoms with van der Waals surface area (Å²) in [7, 11) is 1.52. The number of amides is 1. The molecule has 2 aromatic carbocycles. The maximum absolute atomic E-state index is 12.0. The maximum Gasteiger partial charge on any atom is 0.244 e. The first-order valence-corrected chi connectivity index (χ1v) is 9.41. The zero-order valence-corrected chi connectivity index (χ0v) is 17.0. The smallest absolute Gasteiger partial charge is 0.244 e. The molecule has 1 amide bonds. The van der Waals surface area contributed by atoms with Crippen molar-refractivity contribution in [1.29, 1.82) is 5.26 Å². The summed E-state index contributed by atoms with van der Waals surface area (Å²) in [6.07, 6.45) is 4.06. The predicted molar refractivity (Wildman–Crippen MR) is 112 cm³/mol. The number of hydrogen-bond acceptors (Lipinski definition) is 5. The van der Waals surface area contributed by atoms with E-state index in [-0.39, 0.29) is 18.6 Å². The summed E-state index contributed by atoms with van der Waals surface area (Å²) in [4.78, 5) is 12.0. The minimum Gasteiger partial charge on any atom is -0.493 e. The van der Waals surface area contributed by atoms with Crippen LogP contribution in [0.3, 0.4) is 0 Å². The van der Waals surface area contributed by atoms with E-state index in [1.165, 1.54) is 13.2 Å². The molecule has 0 aliphatic carbocycles. The second-order valence-corrected chi connectivity index (χ2v) is 6.54. The van der Waals surface area contributed by atoms with Crippen molar-refractivity contribution in [2.75, 3.05) is 20.3 Å². The lowest BCUT2D eigenvalue weighted by Crippen LogP contribution is -2.23. The van der Waals surface area contributed by atoms with Crippen LogP contribution < -0.4 is 19.5 Å². The lowest BCUT2D eigenvalue weighted by Gasteiger charge is -2.10. The van der Waals surface area contributed by atoms with Gasteiger partial charge in [0.05, 0.1) is 13.2 Å². The fourth-order valence-corrected chi connectivity index (χ4v) is 2.58. The van der Waals surface area contributed by atoms with Crippen LogP contribution in [0.5, 0.6) is 17.2 Å². The molecular formula is C23H26N2O4. The SMILES string of the molecule is COc1cc(/C=C/C(=O)NCCc2ccc(OC(C)C)cc2)ccc1OCC#N. The van der Waals surface area contributed by atoms with Gasteiger partial charge in [-0.15, -0.1) is 0 Å². The molecule has 152 valence electrons. The standard InChI is InChI=1S/C23H26N2O4/c1-17(2)29-20-8-4-18(5-9-20)12-14-25-23(26)11-7-19-6-10-21(28-15-13-24)22(16-19)27-3/h4-11,16-17H,12,14-15H2,1-3H3,(H,25,26)/b11-7+. The van der Waals surface area contributed by atoms with Crippen LogP contribution in [0.1, 0.15) is 25.0 Å². The van der Waals surface area contributed by atoms with Crippen LogP contribution in [0.4, 0.5) is 0 Å². The molecule has 0 fully saturated rings. The molecule has 0 saturated carbocycles. The van der Waals surface area contributed by atoms with Gasteiger partial charge >= 0.3 is 0 Å². The van der Waals surface area contributed by atoms with Crippen molar-refractivity contribution in [3.63, 3.8) is 0 Å². The van der Waals surface area contributed by atoms with Crippen LogP contribution >= 0.6 is 0 Å². The Kier molecular flexibility index (Phi) is 8.58. The number of rotatable bonds is 10. The Labute approximate surface area is 171 Å². The zero-order valence-electron chi connectivity index (χ0n) is 17.0. The van der Waals surface area contributed by atoms with Crippen LogP contribution in [0, 0.1) is 11.3 Å². The number of nitrogens with one attached hydrogen (secondary N) is 1. The van der Waals surface area contributed by atoms with Gasteiger partial charge in [-0.3, -0.25) is 4.79 Å². The van der Waals surface area contributed by atoms with Crippen LogP contribution in [-0.2, 0) is 11.2 Å². The van der Waals surface area contributed by atoms with Crippen molar-refractivity contribution in [2.45, 2.75) is 26.4 Å². The van der Waals surface area contributed by atoms with Gasteiger partial charge in [0, 0.05) is 12.6 Å². The molecule has 2 aromatic rings. The molecule has 0 aromatic heterocycles. The highest BCUT2D eigenvalue weighted by Crippen LogP contribution is 2.28. The van der Waals surface area contributed by atoms with Crippen molar-refractivity contribution in [3.05, 3.63) is 59.7 Å². The fraction of sp³-hybridized carbons (Fsp3) is 0.304. The molecule has 0 atom stereocenters. The van der Waals surface area contributed by atoms with Gasteiger partial charge in [-0.25, -0.2) is 0 Å². The van der Waals surface area contributed by atoms with Crippen LogP contribution in [0.2, 0.25) is 0 Å². The number of carbonyl (C=O) groups excluding carboxylic acids is 1. The molecule has 0 saturated heterocycles. The van der Waals surface area contributed by atoms with Crippen LogP contribution in [0.25, 0.3) is 6.08 Å². The van der Waals surface area contributed by atoms with E-state index in [1.54, 1.807) is 24.3 Å². The van der Waals surface area contributed by atoms with Gasteiger partial charge in [0.25, 0.3) is 0 Å². The number of carbonyl (C=O) groups is 1. The van der Waals surface area contributed by atoms with Gasteiger partial charge in [0.2, 0.25) is 5.91 Å². The molecule has 0 aliphatic heterocycles. The van der Waals surface area contributed by atoms with Crippen molar-refractivity contribution < 1.29 is 19.0 Å². The normalized spacial score (nSPS) is 10.6. The Bertz CT molecular complexity index is 867. The highest BCUT2D eigenvalue weighted by atomic mass is 16.5. The average molecular weight is 394 g/mol. The van der Waals surface area contributed by atoms with E-state index in [2.05, 4.69) is 5.32 Å². The lowest BCUT2D eigenvalue weighted by molar-refractivity contribution is -0.116. The van der Waals surface area contributed by atoms with Gasteiger partial charge in [0.1, 0.15) is 11.8 Å². The maximum atomic E-state index is 12.0. The van der Waals surface area contributed by atoms with Crippen LogP contribution in [0.15, 0.2) is 48.5 Å². The van der Waals surface area contributed by atoms with E-state index < -0.39 is 0 Å². The first kappa shape index (κ1) is 21.8. The number of nitriles is 1. The third kappa shape index (κ3) is 7.59. The van der Waals surface area contributed by atoms with E-state index in [1.807, 2.05) is 44.2 Å². The molecule has 6 heteroatoms. The molecule has 2 rings (SSSR count). The Morgan fingerprint density at radius 1 is 1.17 bits per heavy atom. The second kappa shape index (κ2) is 11.4. The first-order valence-electron chi connectivity index (χ1n) is 9.41. The molecule has 0 bridgehead atoms. The largest absolute Gasteiger partial charge is 0.493 e. The quantitative estimate of drug-likeness (QED) is 0.621. The van der Waals surface area contributed by atoms with E-state index in [4.69, 9.17) is 19.5 Å². The molecule has 1 N–H and O–H groups in total. The van der Waals surface area contributed by atoms with Gasteiger partial charge in [0.15, 0.2) is 18.1 Å². The molecule has 0 radical (unpaired) electrons. The van der Waals surface area contributed by atoms with Gasteiger partial charge in [-0.05, 0) is 61.7 Å². The molecule has 0 heterocycles. The highest BCUT2D eigenvalue weighted by molar-refractivity contribution is 5.91. The summed E-state index contributed by atoms with van der Waals surface area (Å²) in [5.74, 6) is 1.66. The van der Waals surface area contributed by atoms with Gasteiger partial charge in [-0.1, -0.05) is 18.2 Å². The van der Waals surface area contributed by atoms with Gasteiger partial charge < -0.3 is 19.5 Å². The van der Waals surface area contributed by atoms with Crippen molar-refractivity contribution >= 4 is 12.0 Å². The third-order valence-corrected chi connectivity index (χ3v) is 3.92. The number of hydrogen-bond donors (Lipinski definition) is 1. The summed E-state index contributed by atoms with van der Waals surface area (Å²) in [6.45, 7) is 4.47. The number of ether oxygens (including phenoxy) is 3. The van der Waals surface area contributed by atoms with Crippen molar-refractivity contribution in [2.24, 2.45) is 0 Å². The highest BCUT2D eigenvalue weighted by Gasteiger charge is 2.05. The van der Waals surface area contributed by atoms with E-state index in [9.17, 15) is 4.79 Å². The minimum absolute atomic E-state index is 0.0541. The topological polar surface area (TPSA) is 80.6 Å². The summed E-state index contributed by atoms with van der Waals surface area (Å²) >= 11 is 0. The number of nitrogens with zero attached hydrogens (tertiary/aromatic N) is 1. The fourth-order valence-electron chi connectivity index (χ4n) is 2.58. The summed E-state index contributed by atoms with van der Waals surface area (Å²) in [6, 6.07) is 15.0. The molecular weight excluding hydrogens is 368 g/mol. The van der Waals surface area contributed by atoms with Crippen molar-refractivity contribution in [3.8, 4) is 23.3 Å². The van der Waals surface area contributed by atoms with Gasteiger partial charge in [-0.2, -0.15) is 5.26 Å². The molecule has 0 aliphatic rings. The summed E-state index contributed by atoms with van der Waals surface area (Å²) in [5.41, 5.74) is 1.92. The Morgan fingerprint density at radius 2 is 1.93 bits per heavy atom. The summed E-state index contributed by atoms with van der Waals surface area (Å²) < 4.78 is 16.2. The Morgan fingerprint density at radius 3 is 2.59 bits per heavy atom. The number of benzene rings is 2. The molecule has 29 heavy (non-hydrogen) atoms. The first-order chi connectivity index (χ1) is 14.0. The third-order valence-electron chi connectivity index (χ3n) is 3.92. The van der Waals surface area contributed by atoms with Crippen LogP contribution in [-0.4, -0.2) is 32.3 Å². The molecule has 6 nitrogen and oxygen atoms in total. The Hall–Kier alpha value is -3.46. The predicted octanol–water partition coefficient (Wildman–Crippen LogP) is 3.76. The van der Waals surface area contributed by atoms with Crippen molar-refractivity contribution in [1.82, 2.24) is 5.32 Å². The van der Waals surface area contributed by atoms with E-state index in [0.29, 0.717) is 18.0 Å². The molecule has 0 unspecified atom stereocenters. The van der Waals surface area contributed by atoms with E-state index >= 15 is 0 Å².